The van der Waals surface area contributed by atoms with Crippen LogP contribution in [0.15, 0.2) is 22.7 Å². The van der Waals surface area contributed by atoms with Crippen molar-refractivity contribution in [2.45, 2.75) is 18.9 Å². The number of rotatable bonds is 6. The summed E-state index contributed by atoms with van der Waals surface area (Å²) < 4.78 is 11.9. The third-order valence-electron chi connectivity index (χ3n) is 3.60. The summed E-state index contributed by atoms with van der Waals surface area (Å²) in [6.07, 6.45) is 2.05. The smallest absolute Gasteiger partial charge is 0.123 e. The van der Waals surface area contributed by atoms with E-state index >= 15 is 0 Å². The van der Waals surface area contributed by atoms with Gasteiger partial charge in [-0.1, -0.05) is 22.0 Å². The van der Waals surface area contributed by atoms with Gasteiger partial charge in [-0.05, 0) is 37.1 Å². The second-order valence-electron chi connectivity index (χ2n) is 5.04. The standard InChI is InChI=1S/C15H22BrNO3/c1-19-15-9-13(16)5-4-12(15)3-2-6-17-7-8-20-14(10-17)11-18/h4-5,9,14,18H,2-3,6-8,10-11H2,1H3/t14-/m1/s1. The summed E-state index contributed by atoms with van der Waals surface area (Å²) in [5.41, 5.74) is 1.24. The largest absolute Gasteiger partial charge is 0.496 e. The molecule has 0 spiro atoms. The molecular formula is C15H22BrNO3. The first-order chi connectivity index (χ1) is 9.72. The summed E-state index contributed by atoms with van der Waals surface area (Å²) in [5.74, 6) is 0.939. The minimum Gasteiger partial charge on any atom is -0.496 e. The van der Waals surface area contributed by atoms with Crippen molar-refractivity contribution in [3.8, 4) is 5.75 Å². The second kappa shape index (κ2) is 7.98. The highest BCUT2D eigenvalue weighted by atomic mass is 79.9. The van der Waals surface area contributed by atoms with E-state index in [1.807, 2.05) is 12.1 Å². The maximum atomic E-state index is 9.13. The van der Waals surface area contributed by atoms with Crippen LogP contribution in [-0.4, -0.2) is 56.1 Å². The number of hydrogen-bond donors (Lipinski definition) is 1. The average Bonchev–Trinajstić information content (AvgIpc) is 2.49. The van der Waals surface area contributed by atoms with Gasteiger partial charge in [-0.25, -0.2) is 0 Å². The van der Waals surface area contributed by atoms with Crippen molar-refractivity contribution in [2.75, 3.05) is 40.0 Å². The third kappa shape index (κ3) is 4.45. The molecule has 0 radical (unpaired) electrons. The first-order valence-electron chi connectivity index (χ1n) is 7.00. The van der Waals surface area contributed by atoms with Gasteiger partial charge in [0.1, 0.15) is 5.75 Å². The first-order valence-corrected chi connectivity index (χ1v) is 7.79. The zero-order valence-corrected chi connectivity index (χ0v) is 13.4. The lowest BCUT2D eigenvalue weighted by atomic mass is 10.1. The number of aryl methyl sites for hydroxylation is 1. The zero-order chi connectivity index (χ0) is 14.4. The topological polar surface area (TPSA) is 41.9 Å². The van der Waals surface area contributed by atoms with Gasteiger partial charge in [-0.2, -0.15) is 0 Å². The Labute approximate surface area is 128 Å². The summed E-state index contributed by atoms with van der Waals surface area (Å²) in [5, 5.41) is 9.13. The fourth-order valence-electron chi connectivity index (χ4n) is 2.51. The van der Waals surface area contributed by atoms with E-state index in [4.69, 9.17) is 14.6 Å². The monoisotopic (exact) mass is 343 g/mol. The zero-order valence-electron chi connectivity index (χ0n) is 11.8. The quantitative estimate of drug-likeness (QED) is 0.858. The molecule has 1 aromatic rings. The molecule has 0 aromatic heterocycles. The molecule has 112 valence electrons. The Morgan fingerprint density at radius 1 is 1.50 bits per heavy atom. The van der Waals surface area contributed by atoms with Gasteiger partial charge in [0.25, 0.3) is 0 Å². The maximum absolute atomic E-state index is 9.13. The van der Waals surface area contributed by atoms with E-state index in [0.717, 1.165) is 42.7 Å². The van der Waals surface area contributed by atoms with Crippen LogP contribution in [0, 0.1) is 0 Å². The van der Waals surface area contributed by atoms with Gasteiger partial charge in [0.15, 0.2) is 0 Å². The predicted molar refractivity (Wildman–Crippen MR) is 82.3 cm³/mol. The Balaban J connectivity index is 1.81. The van der Waals surface area contributed by atoms with Crippen LogP contribution in [0.2, 0.25) is 0 Å². The van der Waals surface area contributed by atoms with Crippen molar-refractivity contribution in [1.82, 2.24) is 4.90 Å². The number of ether oxygens (including phenoxy) is 2. The molecule has 1 atom stereocenters. The number of nitrogens with zero attached hydrogens (tertiary/aromatic N) is 1. The minimum atomic E-state index is -0.0223. The van der Waals surface area contributed by atoms with Gasteiger partial charge < -0.3 is 14.6 Å². The number of hydrogen-bond acceptors (Lipinski definition) is 4. The third-order valence-corrected chi connectivity index (χ3v) is 4.09. The normalized spacial score (nSPS) is 20.1. The van der Waals surface area contributed by atoms with E-state index in [9.17, 15) is 0 Å². The molecule has 4 nitrogen and oxygen atoms in total. The van der Waals surface area contributed by atoms with E-state index in [1.54, 1.807) is 7.11 Å². The van der Waals surface area contributed by atoms with Gasteiger partial charge >= 0.3 is 0 Å². The second-order valence-corrected chi connectivity index (χ2v) is 5.95. The molecule has 20 heavy (non-hydrogen) atoms. The van der Waals surface area contributed by atoms with Crippen LogP contribution in [0.5, 0.6) is 5.75 Å². The Bertz CT molecular complexity index is 428. The maximum Gasteiger partial charge on any atom is 0.123 e. The summed E-state index contributed by atoms with van der Waals surface area (Å²) in [4.78, 5) is 2.36. The van der Waals surface area contributed by atoms with Crippen molar-refractivity contribution in [1.29, 1.82) is 0 Å². The van der Waals surface area contributed by atoms with Crippen molar-refractivity contribution >= 4 is 15.9 Å². The molecule has 0 unspecified atom stereocenters. The fourth-order valence-corrected chi connectivity index (χ4v) is 2.85. The van der Waals surface area contributed by atoms with Gasteiger partial charge in [-0.15, -0.1) is 0 Å². The predicted octanol–water partition coefficient (Wildman–Crippen LogP) is 2.08. The Hall–Kier alpha value is -0.620. The number of methoxy groups -OCH3 is 1. The number of halogens is 1. The highest BCUT2D eigenvalue weighted by Gasteiger charge is 2.19. The van der Waals surface area contributed by atoms with Crippen LogP contribution < -0.4 is 4.74 Å². The molecule has 2 rings (SSSR count). The summed E-state index contributed by atoms with van der Waals surface area (Å²) in [7, 11) is 1.71. The van der Waals surface area contributed by atoms with Crippen molar-refractivity contribution in [2.24, 2.45) is 0 Å². The van der Waals surface area contributed by atoms with E-state index < -0.39 is 0 Å². The van der Waals surface area contributed by atoms with Gasteiger partial charge in [0.05, 0.1) is 26.4 Å². The molecule has 1 aliphatic rings. The van der Waals surface area contributed by atoms with Crippen LogP contribution in [0.1, 0.15) is 12.0 Å². The van der Waals surface area contributed by atoms with Gasteiger partial charge in [0, 0.05) is 17.6 Å². The molecule has 1 aromatic carbocycles. The van der Waals surface area contributed by atoms with Crippen molar-refractivity contribution < 1.29 is 14.6 Å². The van der Waals surface area contributed by atoms with Crippen LogP contribution >= 0.6 is 15.9 Å². The molecule has 1 heterocycles. The molecule has 5 heteroatoms. The summed E-state index contributed by atoms with van der Waals surface area (Å²) >= 11 is 3.46. The molecule has 1 aliphatic heterocycles. The van der Waals surface area contributed by atoms with Gasteiger partial charge in [0.2, 0.25) is 0 Å². The number of aliphatic hydroxyl groups is 1. The van der Waals surface area contributed by atoms with Crippen LogP contribution in [-0.2, 0) is 11.2 Å². The molecule has 0 bridgehead atoms. The minimum absolute atomic E-state index is 0.0223. The highest BCUT2D eigenvalue weighted by molar-refractivity contribution is 9.10. The molecule has 1 fully saturated rings. The lowest BCUT2D eigenvalue weighted by molar-refractivity contribution is -0.0527. The Kier molecular flexibility index (Phi) is 6.29. The first kappa shape index (κ1) is 15.8. The van der Waals surface area contributed by atoms with Gasteiger partial charge in [-0.3, -0.25) is 4.90 Å². The summed E-state index contributed by atoms with van der Waals surface area (Å²) in [6.45, 7) is 3.63. The number of benzene rings is 1. The van der Waals surface area contributed by atoms with Crippen molar-refractivity contribution in [3.05, 3.63) is 28.2 Å². The molecule has 0 aliphatic carbocycles. The molecule has 0 saturated carbocycles. The number of aliphatic hydroxyl groups excluding tert-OH is 1. The Morgan fingerprint density at radius 3 is 3.10 bits per heavy atom. The van der Waals surface area contributed by atoms with Crippen LogP contribution in [0.4, 0.5) is 0 Å². The van der Waals surface area contributed by atoms with Crippen LogP contribution in [0.25, 0.3) is 0 Å². The highest BCUT2D eigenvalue weighted by Crippen LogP contribution is 2.24. The molecular weight excluding hydrogens is 322 g/mol. The Morgan fingerprint density at radius 2 is 2.35 bits per heavy atom. The van der Waals surface area contributed by atoms with E-state index in [2.05, 4.69) is 26.9 Å². The molecule has 1 saturated heterocycles. The lowest BCUT2D eigenvalue weighted by Gasteiger charge is -2.31. The van der Waals surface area contributed by atoms with Crippen LogP contribution in [0.3, 0.4) is 0 Å². The van der Waals surface area contributed by atoms with Crippen molar-refractivity contribution in [3.63, 3.8) is 0 Å². The molecule has 1 N–H and O–H groups in total. The lowest BCUT2D eigenvalue weighted by Crippen LogP contribution is -2.44. The fraction of sp³-hybridized carbons (Fsp3) is 0.600. The summed E-state index contributed by atoms with van der Waals surface area (Å²) in [6, 6.07) is 6.17. The van der Waals surface area contributed by atoms with E-state index in [1.165, 1.54) is 5.56 Å². The SMILES string of the molecule is COc1cc(Br)ccc1CCCN1CCO[C@@H](CO)C1. The average molecular weight is 344 g/mol. The molecule has 0 amide bonds. The van der Waals surface area contributed by atoms with E-state index in [0.29, 0.717) is 6.61 Å². The van der Waals surface area contributed by atoms with E-state index in [-0.39, 0.29) is 12.7 Å². The number of morpholine rings is 1.